The van der Waals surface area contributed by atoms with Crippen molar-refractivity contribution >= 4 is 23.8 Å². The molecular formula is C35H34F4N2O3. The number of Topliss-reactive ketones (excluding diaryl/α,β-unsaturated/α-hetero) is 1. The maximum atomic E-state index is 13.9. The summed E-state index contributed by atoms with van der Waals surface area (Å²) in [4.78, 5) is 29.0. The summed E-state index contributed by atoms with van der Waals surface area (Å²) < 4.78 is 60.6. The molecule has 1 saturated heterocycles. The van der Waals surface area contributed by atoms with E-state index >= 15 is 0 Å². The van der Waals surface area contributed by atoms with Gasteiger partial charge in [0.25, 0.3) is 5.91 Å². The number of halogens is 4. The molecule has 9 heteroatoms. The lowest BCUT2D eigenvalue weighted by Gasteiger charge is -2.27. The molecule has 5 rings (SSSR count). The molecule has 44 heavy (non-hydrogen) atoms. The number of nitrogens with one attached hydrogen (secondary N) is 1. The molecule has 0 aromatic heterocycles. The van der Waals surface area contributed by atoms with Crippen molar-refractivity contribution in [1.82, 2.24) is 10.2 Å². The summed E-state index contributed by atoms with van der Waals surface area (Å²) in [6.07, 6.45) is 8.13. The van der Waals surface area contributed by atoms with E-state index in [1.54, 1.807) is 24.3 Å². The molecule has 1 aliphatic heterocycles. The van der Waals surface area contributed by atoms with Gasteiger partial charge in [-0.05, 0) is 111 Å². The van der Waals surface area contributed by atoms with E-state index in [4.69, 9.17) is 4.74 Å². The molecule has 1 heterocycles. The summed E-state index contributed by atoms with van der Waals surface area (Å²) in [5, 5.41) is 2.95. The van der Waals surface area contributed by atoms with Crippen molar-refractivity contribution in [2.24, 2.45) is 0 Å². The van der Waals surface area contributed by atoms with Gasteiger partial charge in [-0.2, -0.15) is 0 Å². The zero-order valence-electron chi connectivity index (χ0n) is 24.3. The van der Waals surface area contributed by atoms with Crippen molar-refractivity contribution in [3.8, 4) is 5.75 Å². The van der Waals surface area contributed by atoms with Crippen molar-refractivity contribution in [3.63, 3.8) is 0 Å². The van der Waals surface area contributed by atoms with E-state index in [1.165, 1.54) is 50.0 Å². The van der Waals surface area contributed by atoms with Crippen molar-refractivity contribution in [3.05, 3.63) is 112 Å². The fourth-order valence-corrected chi connectivity index (χ4v) is 5.58. The molecule has 2 fully saturated rings. The topological polar surface area (TPSA) is 58.6 Å². The number of nitrogens with zero attached hydrogens (tertiary/aromatic N) is 1. The lowest BCUT2D eigenvalue weighted by atomic mass is 9.83. The molecule has 0 unspecified atom stereocenters. The second-order valence-corrected chi connectivity index (χ2v) is 11.2. The smallest absolute Gasteiger partial charge is 0.251 e. The van der Waals surface area contributed by atoms with Gasteiger partial charge in [-0.1, -0.05) is 25.0 Å². The van der Waals surface area contributed by atoms with Gasteiger partial charge in [-0.25, -0.2) is 17.6 Å². The fourth-order valence-electron chi connectivity index (χ4n) is 5.58. The highest BCUT2D eigenvalue weighted by Gasteiger charge is 2.29. The number of carbonyl (C=O) groups excluding carboxylic acids is 2. The number of carbonyl (C=O) groups is 2. The Morgan fingerprint density at radius 3 is 1.84 bits per heavy atom. The Labute approximate surface area is 254 Å². The molecule has 0 bridgehead atoms. The summed E-state index contributed by atoms with van der Waals surface area (Å²) in [7, 11) is 0. The molecule has 1 N–H and O–H groups in total. The van der Waals surface area contributed by atoms with Crippen LogP contribution >= 0.6 is 0 Å². The third kappa shape index (κ3) is 8.23. The molecule has 3 aromatic rings. The Bertz CT molecular complexity index is 1490. The van der Waals surface area contributed by atoms with Gasteiger partial charge in [-0.3, -0.25) is 14.5 Å². The molecule has 1 amide bonds. The minimum Gasteiger partial charge on any atom is -0.492 e. The summed E-state index contributed by atoms with van der Waals surface area (Å²) in [6, 6.07) is 12.9. The van der Waals surface area contributed by atoms with Gasteiger partial charge < -0.3 is 10.1 Å². The Balaban J connectivity index is 1.29. The van der Waals surface area contributed by atoms with Crippen molar-refractivity contribution in [1.29, 1.82) is 0 Å². The Kier molecular flexibility index (Phi) is 10.3. The molecule has 0 spiro atoms. The van der Waals surface area contributed by atoms with Crippen LogP contribution in [0.4, 0.5) is 17.6 Å². The number of ketones is 1. The van der Waals surface area contributed by atoms with Crippen LogP contribution in [-0.2, 0) is 4.79 Å². The zero-order chi connectivity index (χ0) is 31.1. The first-order chi connectivity index (χ1) is 21.2. The summed E-state index contributed by atoms with van der Waals surface area (Å²) in [5.74, 6) is -4.22. The summed E-state index contributed by atoms with van der Waals surface area (Å²) >= 11 is 0. The van der Waals surface area contributed by atoms with E-state index < -0.39 is 29.3 Å². The minimum absolute atomic E-state index is 0.135. The second kappa shape index (κ2) is 14.5. The molecule has 230 valence electrons. The van der Waals surface area contributed by atoms with Crippen LogP contribution in [0, 0.1) is 23.3 Å². The highest BCUT2D eigenvalue weighted by atomic mass is 19.2. The second-order valence-electron chi connectivity index (χ2n) is 11.2. The van der Waals surface area contributed by atoms with Crippen LogP contribution in [0.25, 0.3) is 12.2 Å². The van der Waals surface area contributed by atoms with Crippen LogP contribution in [0.1, 0.15) is 60.0 Å². The van der Waals surface area contributed by atoms with Gasteiger partial charge in [0.15, 0.2) is 29.1 Å². The number of benzene rings is 3. The highest BCUT2D eigenvalue weighted by molar-refractivity contribution is 6.14. The molecule has 0 radical (unpaired) electrons. The third-order valence-electron chi connectivity index (χ3n) is 7.91. The van der Waals surface area contributed by atoms with Crippen LogP contribution in [0.5, 0.6) is 5.75 Å². The van der Waals surface area contributed by atoms with Crippen LogP contribution in [0.3, 0.4) is 0 Å². The van der Waals surface area contributed by atoms with Gasteiger partial charge in [0.05, 0.1) is 0 Å². The molecule has 1 aliphatic carbocycles. The Morgan fingerprint density at radius 1 is 0.773 bits per heavy atom. The first-order valence-corrected chi connectivity index (χ1v) is 14.9. The maximum Gasteiger partial charge on any atom is 0.251 e. The van der Waals surface area contributed by atoms with E-state index in [9.17, 15) is 27.2 Å². The lowest BCUT2D eigenvalue weighted by molar-refractivity contribution is -0.113. The van der Waals surface area contributed by atoms with Gasteiger partial charge in [-0.15, -0.1) is 0 Å². The molecule has 5 nitrogen and oxygen atoms in total. The van der Waals surface area contributed by atoms with Gasteiger partial charge in [0, 0.05) is 29.3 Å². The van der Waals surface area contributed by atoms with Crippen LogP contribution in [0.2, 0.25) is 0 Å². The van der Waals surface area contributed by atoms with Crippen LogP contribution in [-0.4, -0.2) is 48.9 Å². The predicted molar refractivity (Wildman–Crippen MR) is 161 cm³/mol. The van der Waals surface area contributed by atoms with Gasteiger partial charge in [0.2, 0.25) is 0 Å². The van der Waals surface area contributed by atoms with E-state index in [-0.39, 0.29) is 46.8 Å². The minimum atomic E-state index is -1.06. The van der Waals surface area contributed by atoms with Crippen molar-refractivity contribution in [2.75, 3.05) is 26.2 Å². The first kappa shape index (κ1) is 31.2. The van der Waals surface area contributed by atoms with E-state index in [2.05, 4.69) is 10.2 Å². The number of amides is 1. The quantitative estimate of drug-likeness (QED) is 0.219. The van der Waals surface area contributed by atoms with E-state index in [0.717, 1.165) is 43.9 Å². The normalized spacial score (nSPS) is 19.6. The summed E-state index contributed by atoms with van der Waals surface area (Å²) in [6.45, 7) is 3.58. The van der Waals surface area contributed by atoms with Crippen molar-refractivity contribution < 1.29 is 31.9 Å². The van der Waals surface area contributed by atoms with E-state index in [0.29, 0.717) is 17.9 Å². The monoisotopic (exact) mass is 606 g/mol. The zero-order valence-corrected chi connectivity index (χ0v) is 24.3. The summed E-state index contributed by atoms with van der Waals surface area (Å²) in [5.41, 5.74) is 1.47. The Hall–Kier alpha value is -4.24. The largest absolute Gasteiger partial charge is 0.492 e. The van der Waals surface area contributed by atoms with Crippen molar-refractivity contribution in [2.45, 2.75) is 44.6 Å². The third-order valence-corrected chi connectivity index (χ3v) is 7.91. The van der Waals surface area contributed by atoms with Gasteiger partial charge >= 0.3 is 0 Å². The van der Waals surface area contributed by atoms with Crippen LogP contribution in [0.15, 0.2) is 71.8 Å². The number of ether oxygens (including phenoxy) is 1. The molecule has 0 atom stereocenters. The molecule has 3 aromatic carbocycles. The number of hydrogen-bond acceptors (Lipinski definition) is 4. The maximum absolute atomic E-state index is 13.9. The SMILES string of the molecule is O=C1/C(=C/c2ccc(F)c(F)c2)CC(NC(=O)c2ccc(OCCN3CCCCCC3)cc2)C/C1=C\c1ccc(F)c(F)c1. The van der Waals surface area contributed by atoms with Gasteiger partial charge in [0.1, 0.15) is 12.4 Å². The van der Waals surface area contributed by atoms with Crippen LogP contribution < -0.4 is 10.1 Å². The standard InChI is InChI=1S/C35H34F4N2O3/c36-30-11-5-23(19-32(30)38)17-26-21-28(22-27(34(26)42)18-24-6-12-31(37)33(39)20-24)40-35(43)25-7-9-29(10-8-25)44-16-15-41-13-3-1-2-4-14-41/h5-12,17-20,28H,1-4,13-16,21-22H2,(H,40,43)/b26-17+,27-18+. The predicted octanol–water partition coefficient (Wildman–Crippen LogP) is 7.13. The average molecular weight is 607 g/mol. The fraction of sp³-hybridized carbons (Fsp3) is 0.314. The molecule has 2 aliphatic rings. The van der Waals surface area contributed by atoms with E-state index in [1.807, 2.05) is 0 Å². The number of hydrogen-bond donors (Lipinski definition) is 1. The number of likely N-dealkylation sites (tertiary alicyclic amines) is 1. The Morgan fingerprint density at radius 2 is 1.32 bits per heavy atom. The average Bonchev–Trinajstić information content (AvgIpc) is 3.28. The lowest BCUT2D eigenvalue weighted by Crippen LogP contribution is -2.39. The molecule has 1 saturated carbocycles. The first-order valence-electron chi connectivity index (χ1n) is 14.9. The number of rotatable bonds is 8. The molecular weight excluding hydrogens is 572 g/mol. The highest BCUT2D eigenvalue weighted by Crippen LogP contribution is 2.30.